The number of fused-ring (bicyclic) bond motifs is 1. The summed E-state index contributed by atoms with van der Waals surface area (Å²) in [5.74, 6) is 0.0897. The number of ether oxygens (including phenoxy) is 1. The molecule has 0 bridgehead atoms. The number of aryl methyl sites for hydroxylation is 1. The highest BCUT2D eigenvalue weighted by Gasteiger charge is 2.24. The molecule has 1 aliphatic heterocycles. The number of benzene rings is 1. The van der Waals surface area contributed by atoms with Gasteiger partial charge in [0, 0.05) is 38.3 Å². The van der Waals surface area contributed by atoms with Gasteiger partial charge < -0.3 is 24.1 Å². The smallest absolute Gasteiger partial charge is 0.409 e. The van der Waals surface area contributed by atoms with Gasteiger partial charge in [-0.1, -0.05) is 13.8 Å². The minimum absolute atomic E-state index is 0.176. The molecule has 2 aromatic rings. The summed E-state index contributed by atoms with van der Waals surface area (Å²) in [5.41, 5.74) is 0.130. The van der Waals surface area contributed by atoms with E-state index < -0.39 is 11.1 Å². The number of rotatable bonds is 4. The number of carbonyl (C=O) groups is 2. The summed E-state index contributed by atoms with van der Waals surface area (Å²) in [6.07, 6.45) is 0.307. The summed E-state index contributed by atoms with van der Waals surface area (Å²) in [6.45, 7) is 8.34. The standard InChI is InChI=1S/C21H28N4O5/c1-4-25-17-7-6-15(12-16(17)22-18(26)20(25)28)19(27)23-8-5-9-24(11-10-23)21(29)30-13-14(2)3/h6-7,12,14H,4-5,8-11,13H2,1-3H3,(H,22,26). The van der Waals surface area contributed by atoms with E-state index in [4.69, 9.17) is 4.74 Å². The van der Waals surface area contributed by atoms with Crippen molar-refractivity contribution in [1.82, 2.24) is 19.4 Å². The molecule has 1 aliphatic rings. The first-order valence-corrected chi connectivity index (χ1v) is 10.3. The molecule has 2 heterocycles. The molecule has 1 fully saturated rings. The van der Waals surface area contributed by atoms with E-state index in [1.54, 1.807) is 34.9 Å². The Morgan fingerprint density at radius 2 is 1.80 bits per heavy atom. The van der Waals surface area contributed by atoms with Crippen LogP contribution in [0.15, 0.2) is 27.8 Å². The van der Waals surface area contributed by atoms with Crippen molar-refractivity contribution in [2.45, 2.75) is 33.7 Å². The van der Waals surface area contributed by atoms with Crippen molar-refractivity contribution in [3.63, 3.8) is 0 Å². The van der Waals surface area contributed by atoms with E-state index >= 15 is 0 Å². The van der Waals surface area contributed by atoms with Crippen LogP contribution in [0.1, 0.15) is 37.6 Å². The zero-order valence-corrected chi connectivity index (χ0v) is 17.6. The van der Waals surface area contributed by atoms with Gasteiger partial charge in [0.15, 0.2) is 0 Å². The fourth-order valence-electron chi connectivity index (χ4n) is 3.54. The lowest BCUT2D eigenvalue weighted by molar-refractivity contribution is 0.0746. The highest BCUT2D eigenvalue weighted by Crippen LogP contribution is 2.15. The zero-order valence-electron chi connectivity index (χ0n) is 17.6. The summed E-state index contributed by atoms with van der Waals surface area (Å²) in [6, 6.07) is 4.94. The van der Waals surface area contributed by atoms with Crippen LogP contribution in [0.4, 0.5) is 4.79 Å². The lowest BCUT2D eigenvalue weighted by atomic mass is 10.1. The summed E-state index contributed by atoms with van der Waals surface area (Å²) in [4.78, 5) is 55.0. The van der Waals surface area contributed by atoms with E-state index in [-0.39, 0.29) is 17.9 Å². The molecule has 0 saturated carbocycles. The molecule has 0 aliphatic carbocycles. The van der Waals surface area contributed by atoms with Gasteiger partial charge in [-0.3, -0.25) is 14.4 Å². The maximum atomic E-state index is 13.0. The minimum atomic E-state index is -0.709. The van der Waals surface area contributed by atoms with Crippen LogP contribution < -0.4 is 11.1 Å². The van der Waals surface area contributed by atoms with Crippen molar-refractivity contribution in [2.24, 2.45) is 5.92 Å². The lowest BCUT2D eigenvalue weighted by Gasteiger charge is -2.22. The largest absolute Gasteiger partial charge is 0.449 e. The Labute approximate surface area is 174 Å². The van der Waals surface area contributed by atoms with Crippen LogP contribution in [0, 0.1) is 5.92 Å². The molecule has 0 atom stereocenters. The second kappa shape index (κ2) is 9.15. The molecule has 30 heavy (non-hydrogen) atoms. The predicted molar refractivity (Wildman–Crippen MR) is 113 cm³/mol. The monoisotopic (exact) mass is 416 g/mol. The number of amides is 2. The van der Waals surface area contributed by atoms with Gasteiger partial charge in [-0.2, -0.15) is 0 Å². The molecule has 1 aromatic carbocycles. The van der Waals surface area contributed by atoms with E-state index in [1.807, 2.05) is 13.8 Å². The molecule has 0 spiro atoms. The number of carbonyl (C=O) groups excluding carboxylic acids is 2. The lowest BCUT2D eigenvalue weighted by Crippen LogP contribution is -2.38. The number of H-pyrrole nitrogens is 1. The normalized spacial score (nSPS) is 14.8. The van der Waals surface area contributed by atoms with E-state index in [0.717, 1.165) is 0 Å². The average molecular weight is 416 g/mol. The van der Waals surface area contributed by atoms with Gasteiger partial charge >= 0.3 is 17.2 Å². The summed E-state index contributed by atoms with van der Waals surface area (Å²) in [5, 5.41) is 0. The molecular formula is C21H28N4O5. The average Bonchev–Trinajstić information content (AvgIpc) is 2.98. The number of hydrogen-bond donors (Lipinski definition) is 1. The first-order chi connectivity index (χ1) is 14.3. The Hall–Kier alpha value is -3.10. The van der Waals surface area contributed by atoms with Crippen molar-refractivity contribution >= 4 is 23.0 Å². The topological polar surface area (TPSA) is 105 Å². The third-order valence-corrected chi connectivity index (χ3v) is 5.12. The van der Waals surface area contributed by atoms with E-state index in [2.05, 4.69) is 4.98 Å². The van der Waals surface area contributed by atoms with Gasteiger partial charge in [-0.15, -0.1) is 0 Å². The SMILES string of the molecule is CCn1c(=O)c(=O)[nH]c2cc(C(=O)N3CCCN(C(=O)OCC(C)C)CC3)ccc21. The van der Waals surface area contributed by atoms with Gasteiger partial charge in [-0.05, 0) is 37.5 Å². The number of hydrogen-bond acceptors (Lipinski definition) is 5. The molecule has 9 nitrogen and oxygen atoms in total. The summed E-state index contributed by atoms with van der Waals surface area (Å²) in [7, 11) is 0. The molecule has 1 N–H and O–H groups in total. The maximum absolute atomic E-state index is 13.0. The number of aromatic nitrogens is 2. The van der Waals surface area contributed by atoms with Crippen molar-refractivity contribution in [3.8, 4) is 0 Å². The number of nitrogens with one attached hydrogen (secondary N) is 1. The van der Waals surface area contributed by atoms with Crippen molar-refractivity contribution < 1.29 is 14.3 Å². The van der Waals surface area contributed by atoms with Crippen molar-refractivity contribution in [1.29, 1.82) is 0 Å². The van der Waals surface area contributed by atoms with E-state index in [0.29, 0.717) is 62.3 Å². The van der Waals surface area contributed by atoms with Crippen LogP contribution in [0.3, 0.4) is 0 Å². The van der Waals surface area contributed by atoms with Crippen LogP contribution in [0.2, 0.25) is 0 Å². The maximum Gasteiger partial charge on any atom is 0.409 e. The molecule has 9 heteroatoms. The van der Waals surface area contributed by atoms with Crippen LogP contribution in [-0.4, -0.2) is 64.1 Å². The first kappa shape index (κ1) is 21.6. The van der Waals surface area contributed by atoms with Crippen LogP contribution >= 0.6 is 0 Å². The quantitative estimate of drug-likeness (QED) is 0.763. The molecule has 162 valence electrons. The van der Waals surface area contributed by atoms with Crippen LogP contribution in [0.25, 0.3) is 11.0 Å². The minimum Gasteiger partial charge on any atom is -0.449 e. The zero-order chi connectivity index (χ0) is 21.8. The van der Waals surface area contributed by atoms with E-state index in [9.17, 15) is 19.2 Å². The van der Waals surface area contributed by atoms with Gasteiger partial charge in [0.25, 0.3) is 5.91 Å². The first-order valence-electron chi connectivity index (χ1n) is 10.3. The second-order valence-corrected chi connectivity index (χ2v) is 7.84. The van der Waals surface area contributed by atoms with Crippen molar-refractivity contribution in [3.05, 3.63) is 44.5 Å². The fourth-order valence-corrected chi connectivity index (χ4v) is 3.54. The Kier molecular flexibility index (Phi) is 6.59. The molecule has 2 amide bonds. The van der Waals surface area contributed by atoms with Gasteiger partial charge in [0.05, 0.1) is 17.6 Å². The van der Waals surface area contributed by atoms with E-state index in [1.165, 1.54) is 4.57 Å². The predicted octanol–water partition coefficient (Wildman–Crippen LogP) is 1.65. The molecule has 1 saturated heterocycles. The van der Waals surface area contributed by atoms with Gasteiger partial charge in [0.2, 0.25) is 0 Å². The Morgan fingerprint density at radius 3 is 2.50 bits per heavy atom. The third kappa shape index (κ3) is 4.55. The highest BCUT2D eigenvalue weighted by molar-refractivity contribution is 5.97. The second-order valence-electron chi connectivity index (χ2n) is 7.84. The molecule has 0 radical (unpaired) electrons. The number of nitrogens with zero attached hydrogens (tertiary/aromatic N) is 3. The molecule has 1 aromatic heterocycles. The molecule has 3 rings (SSSR count). The third-order valence-electron chi connectivity index (χ3n) is 5.12. The summed E-state index contributed by atoms with van der Waals surface area (Å²) >= 11 is 0. The Balaban J connectivity index is 1.76. The Bertz CT molecular complexity index is 1060. The van der Waals surface area contributed by atoms with Crippen LogP contribution in [0.5, 0.6) is 0 Å². The number of aromatic amines is 1. The Morgan fingerprint density at radius 1 is 1.10 bits per heavy atom. The van der Waals surface area contributed by atoms with Crippen molar-refractivity contribution in [2.75, 3.05) is 32.8 Å². The highest BCUT2D eigenvalue weighted by atomic mass is 16.6. The van der Waals surface area contributed by atoms with Gasteiger partial charge in [-0.25, -0.2) is 4.79 Å². The van der Waals surface area contributed by atoms with Gasteiger partial charge in [0.1, 0.15) is 0 Å². The molecule has 0 unspecified atom stereocenters. The molecular weight excluding hydrogens is 388 g/mol. The summed E-state index contributed by atoms with van der Waals surface area (Å²) < 4.78 is 6.68. The van der Waals surface area contributed by atoms with Crippen LogP contribution in [-0.2, 0) is 11.3 Å². The fraction of sp³-hybridized carbons (Fsp3) is 0.524.